The molecule has 25 heavy (non-hydrogen) atoms. The van der Waals surface area contributed by atoms with E-state index in [1.54, 1.807) is 22.9 Å². The van der Waals surface area contributed by atoms with Crippen LogP contribution in [0, 0.1) is 0 Å². The van der Waals surface area contributed by atoms with E-state index in [4.69, 9.17) is 27.9 Å². The summed E-state index contributed by atoms with van der Waals surface area (Å²) < 4.78 is 6.58. The first kappa shape index (κ1) is 18.2. The van der Waals surface area contributed by atoms with Crippen molar-refractivity contribution in [1.29, 1.82) is 0 Å². The largest absolute Gasteiger partial charge is 0.389 e. The van der Waals surface area contributed by atoms with E-state index in [-0.39, 0.29) is 19.1 Å². The van der Waals surface area contributed by atoms with Gasteiger partial charge in [-0.25, -0.2) is 4.68 Å². The third-order valence-electron chi connectivity index (χ3n) is 4.14. The maximum atomic E-state index is 12.5. The van der Waals surface area contributed by atoms with Gasteiger partial charge in [0.1, 0.15) is 0 Å². The number of amides is 1. The van der Waals surface area contributed by atoms with E-state index < -0.39 is 6.10 Å². The Balaban J connectivity index is 1.88. The molecule has 1 aliphatic carbocycles. The molecule has 2 N–H and O–H groups in total. The summed E-state index contributed by atoms with van der Waals surface area (Å²) in [5.41, 5.74) is 3.00. The Morgan fingerprint density at radius 2 is 2.24 bits per heavy atom. The monoisotopic (exact) mass is 383 g/mol. The van der Waals surface area contributed by atoms with E-state index in [0.29, 0.717) is 21.4 Å². The van der Waals surface area contributed by atoms with Gasteiger partial charge in [0, 0.05) is 29.9 Å². The van der Waals surface area contributed by atoms with Crippen molar-refractivity contribution in [2.75, 3.05) is 20.3 Å². The number of nitrogens with one attached hydrogen (secondary N) is 1. The lowest BCUT2D eigenvalue weighted by Crippen LogP contribution is -2.35. The zero-order valence-corrected chi connectivity index (χ0v) is 15.3. The van der Waals surface area contributed by atoms with Crippen molar-refractivity contribution in [1.82, 2.24) is 15.1 Å². The van der Waals surface area contributed by atoms with Gasteiger partial charge < -0.3 is 15.2 Å². The van der Waals surface area contributed by atoms with E-state index in [1.165, 1.54) is 7.11 Å². The average molecular weight is 384 g/mol. The summed E-state index contributed by atoms with van der Waals surface area (Å²) in [5, 5.41) is 17.9. The molecule has 1 aromatic carbocycles. The molecule has 0 bridgehead atoms. The fraction of sp³-hybridized carbons (Fsp3) is 0.412. The second-order valence-electron chi connectivity index (χ2n) is 5.95. The van der Waals surface area contributed by atoms with Crippen LogP contribution in [0.1, 0.15) is 28.2 Å². The molecule has 3 rings (SSSR count). The Bertz CT molecular complexity index is 792. The molecular weight excluding hydrogens is 365 g/mol. The summed E-state index contributed by atoms with van der Waals surface area (Å²) in [4.78, 5) is 12.5. The van der Waals surface area contributed by atoms with Crippen molar-refractivity contribution in [2.45, 2.75) is 25.4 Å². The van der Waals surface area contributed by atoms with Gasteiger partial charge in [0.2, 0.25) is 0 Å². The number of fused-ring (bicyclic) bond motifs is 1. The van der Waals surface area contributed by atoms with Crippen LogP contribution < -0.4 is 5.32 Å². The number of carbonyl (C=O) groups is 1. The number of aromatic nitrogens is 2. The number of ether oxygens (including phenoxy) is 1. The first-order valence-electron chi connectivity index (χ1n) is 8.02. The molecule has 1 amide bonds. The highest BCUT2D eigenvalue weighted by Crippen LogP contribution is 2.31. The Morgan fingerprint density at radius 1 is 1.44 bits per heavy atom. The zero-order valence-electron chi connectivity index (χ0n) is 13.8. The molecule has 1 atom stereocenters. The van der Waals surface area contributed by atoms with Crippen LogP contribution in [0.5, 0.6) is 0 Å². The second-order valence-corrected chi connectivity index (χ2v) is 6.80. The summed E-state index contributed by atoms with van der Waals surface area (Å²) in [6.45, 7) is 0.267. The number of aliphatic hydroxyl groups is 1. The SMILES string of the molecule is COC[C@@H](O)CNC(=O)c1nn(-c2ccc(Cl)cc2Cl)c2c1CCC2. The van der Waals surface area contributed by atoms with Crippen LogP contribution in [-0.2, 0) is 17.6 Å². The van der Waals surface area contributed by atoms with Gasteiger partial charge in [0.15, 0.2) is 5.69 Å². The van der Waals surface area contributed by atoms with Crippen LogP contribution in [0.25, 0.3) is 5.69 Å². The Labute approximate surface area is 155 Å². The minimum atomic E-state index is -0.755. The number of carbonyl (C=O) groups excluding carboxylic acids is 1. The highest BCUT2D eigenvalue weighted by molar-refractivity contribution is 6.35. The van der Waals surface area contributed by atoms with Crippen LogP contribution in [0.4, 0.5) is 0 Å². The fourth-order valence-electron chi connectivity index (χ4n) is 3.02. The first-order chi connectivity index (χ1) is 12.0. The standard InChI is InChI=1S/C17H19Cl2N3O3/c1-25-9-11(23)8-20-17(24)16-12-3-2-4-14(12)22(21-16)15-6-5-10(18)7-13(15)19/h5-7,11,23H,2-4,8-9H2,1H3,(H,20,24)/t11-/m0/s1. The Kier molecular flexibility index (Phi) is 5.64. The van der Waals surface area contributed by atoms with Gasteiger partial charge in [-0.15, -0.1) is 0 Å². The van der Waals surface area contributed by atoms with Crippen molar-refractivity contribution in [3.8, 4) is 5.69 Å². The third kappa shape index (κ3) is 3.82. The molecule has 0 unspecified atom stereocenters. The van der Waals surface area contributed by atoms with Crippen molar-refractivity contribution in [3.05, 3.63) is 45.2 Å². The van der Waals surface area contributed by atoms with Crippen LogP contribution >= 0.6 is 23.2 Å². The van der Waals surface area contributed by atoms with Crippen LogP contribution in [0.2, 0.25) is 10.0 Å². The number of hydrogen-bond donors (Lipinski definition) is 2. The highest BCUT2D eigenvalue weighted by Gasteiger charge is 2.27. The van der Waals surface area contributed by atoms with E-state index in [9.17, 15) is 9.90 Å². The van der Waals surface area contributed by atoms with Crippen molar-refractivity contribution >= 4 is 29.1 Å². The van der Waals surface area contributed by atoms with Gasteiger partial charge in [-0.3, -0.25) is 4.79 Å². The number of methoxy groups -OCH3 is 1. The van der Waals surface area contributed by atoms with E-state index in [2.05, 4.69) is 10.4 Å². The van der Waals surface area contributed by atoms with E-state index in [0.717, 1.165) is 30.5 Å². The zero-order chi connectivity index (χ0) is 18.0. The van der Waals surface area contributed by atoms with Gasteiger partial charge in [-0.05, 0) is 37.5 Å². The summed E-state index contributed by atoms with van der Waals surface area (Å²) in [7, 11) is 1.50. The molecule has 0 saturated carbocycles. The van der Waals surface area contributed by atoms with Crippen LogP contribution in [0.15, 0.2) is 18.2 Å². The fourth-order valence-corrected chi connectivity index (χ4v) is 3.51. The third-order valence-corrected chi connectivity index (χ3v) is 4.68. The molecule has 0 fully saturated rings. The molecule has 1 aromatic heterocycles. The molecule has 0 aliphatic heterocycles. The van der Waals surface area contributed by atoms with Gasteiger partial charge in [-0.1, -0.05) is 23.2 Å². The molecule has 0 saturated heterocycles. The van der Waals surface area contributed by atoms with Gasteiger partial charge in [0.25, 0.3) is 5.91 Å². The second kappa shape index (κ2) is 7.74. The molecule has 0 spiro atoms. The van der Waals surface area contributed by atoms with E-state index in [1.807, 2.05) is 0 Å². The predicted molar refractivity (Wildman–Crippen MR) is 95.8 cm³/mol. The highest BCUT2D eigenvalue weighted by atomic mass is 35.5. The quantitative estimate of drug-likeness (QED) is 0.802. The molecule has 8 heteroatoms. The average Bonchev–Trinajstić information content (AvgIpc) is 3.16. The van der Waals surface area contributed by atoms with Crippen LogP contribution in [-0.4, -0.2) is 47.2 Å². The minimum Gasteiger partial charge on any atom is -0.389 e. The lowest BCUT2D eigenvalue weighted by atomic mass is 10.2. The lowest BCUT2D eigenvalue weighted by Gasteiger charge is -2.10. The summed E-state index contributed by atoms with van der Waals surface area (Å²) >= 11 is 12.3. The minimum absolute atomic E-state index is 0.107. The molecule has 1 heterocycles. The first-order valence-corrected chi connectivity index (χ1v) is 8.78. The molecular formula is C17H19Cl2N3O3. The van der Waals surface area contributed by atoms with Gasteiger partial charge in [0.05, 0.1) is 23.4 Å². The number of rotatable bonds is 6. The summed E-state index contributed by atoms with van der Waals surface area (Å²) in [6, 6.07) is 5.19. The number of halogens is 2. The number of nitrogens with zero attached hydrogens (tertiary/aromatic N) is 2. The number of benzene rings is 1. The lowest BCUT2D eigenvalue weighted by molar-refractivity contribution is 0.0608. The smallest absolute Gasteiger partial charge is 0.272 e. The maximum Gasteiger partial charge on any atom is 0.272 e. The Hall–Kier alpha value is -1.60. The molecule has 0 radical (unpaired) electrons. The number of hydrogen-bond acceptors (Lipinski definition) is 4. The molecule has 6 nitrogen and oxygen atoms in total. The maximum absolute atomic E-state index is 12.5. The normalized spacial score (nSPS) is 14.4. The molecule has 2 aromatic rings. The van der Waals surface area contributed by atoms with Crippen LogP contribution in [0.3, 0.4) is 0 Å². The van der Waals surface area contributed by atoms with Gasteiger partial charge in [-0.2, -0.15) is 5.10 Å². The van der Waals surface area contributed by atoms with E-state index >= 15 is 0 Å². The topological polar surface area (TPSA) is 76.4 Å². The Morgan fingerprint density at radius 3 is 2.96 bits per heavy atom. The predicted octanol–water partition coefficient (Wildman–Crippen LogP) is 2.40. The van der Waals surface area contributed by atoms with Crippen molar-refractivity contribution in [2.24, 2.45) is 0 Å². The number of aliphatic hydroxyl groups excluding tert-OH is 1. The summed E-state index contributed by atoms with van der Waals surface area (Å²) in [6.07, 6.45) is 1.84. The molecule has 134 valence electrons. The molecule has 1 aliphatic rings. The van der Waals surface area contributed by atoms with Gasteiger partial charge >= 0.3 is 0 Å². The summed E-state index contributed by atoms with van der Waals surface area (Å²) in [5.74, 6) is -0.308. The van der Waals surface area contributed by atoms with Crippen molar-refractivity contribution in [3.63, 3.8) is 0 Å². The van der Waals surface area contributed by atoms with Crippen molar-refractivity contribution < 1.29 is 14.6 Å².